The number of benzene rings is 2. The molecule has 0 atom stereocenters. The molecule has 2 aromatic carbocycles. The number of halogens is 3. The molecule has 0 saturated heterocycles. The van der Waals surface area contributed by atoms with Crippen LogP contribution in [0.4, 0.5) is 4.39 Å². The van der Waals surface area contributed by atoms with E-state index in [-0.39, 0.29) is 5.82 Å². The fraction of sp³-hybridized carbons (Fsp3) is 0. The lowest BCUT2D eigenvalue weighted by Gasteiger charge is -2.06. The zero-order chi connectivity index (χ0) is 13.6. The highest BCUT2D eigenvalue weighted by Crippen LogP contribution is 2.27. The summed E-state index contributed by atoms with van der Waals surface area (Å²) in [6.07, 6.45) is 0. The second-order valence-corrected chi connectivity index (χ2v) is 5.70. The third kappa shape index (κ3) is 2.12. The van der Waals surface area contributed by atoms with Crippen LogP contribution in [0.25, 0.3) is 16.7 Å². The van der Waals surface area contributed by atoms with Crippen molar-refractivity contribution in [1.29, 1.82) is 0 Å². The highest BCUT2D eigenvalue weighted by molar-refractivity contribution is 9.10. The van der Waals surface area contributed by atoms with Gasteiger partial charge in [0.2, 0.25) is 0 Å². The standard InChI is InChI=1S/C13H7BrClFN2S/c14-7-4-5-9(16)11(6-7)18-10-3-1-2-8(15)12(10)17-13(18)19/h1-6H,(H,17,19). The molecule has 19 heavy (non-hydrogen) atoms. The summed E-state index contributed by atoms with van der Waals surface area (Å²) in [5.41, 5.74) is 1.83. The quantitative estimate of drug-likeness (QED) is 0.590. The van der Waals surface area contributed by atoms with E-state index < -0.39 is 0 Å². The van der Waals surface area contributed by atoms with Gasteiger partial charge >= 0.3 is 0 Å². The fourth-order valence-corrected chi connectivity index (χ4v) is 2.86. The summed E-state index contributed by atoms with van der Waals surface area (Å²) < 4.78 is 16.8. The Balaban J connectivity index is 2.43. The molecule has 3 aromatic rings. The van der Waals surface area contributed by atoms with Crippen molar-refractivity contribution >= 4 is 50.8 Å². The Morgan fingerprint density at radius 2 is 2.05 bits per heavy atom. The zero-order valence-corrected chi connectivity index (χ0v) is 12.6. The molecule has 3 rings (SSSR count). The Hall–Kier alpha value is -1.17. The van der Waals surface area contributed by atoms with E-state index in [2.05, 4.69) is 20.9 Å². The van der Waals surface area contributed by atoms with Crippen molar-refractivity contribution in [2.24, 2.45) is 0 Å². The molecule has 0 radical (unpaired) electrons. The van der Waals surface area contributed by atoms with Gasteiger partial charge in [0.25, 0.3) is 0 Å². The lowest BCUT2D eigenvalue weighted by atomic mass is 10.2. The average Bonchev–Trinajstić information content (AvgIpc) is 2.70. The van der Waals surface area contributed by atoms with Gasteiger partial charge in [-0.15, -0.1) is 0 Å². The number of hydrogen-bond acceptors (Lipinski definition) is 1. The van der Waals surface area contributed by atoms with Gasteiger partial charge in [0.15, 0.2) is 4.77 Å². The van der Waals surface area contributed by atoms with E-state index in [1.54, 1.807) is 28.8 Å². The van der Waals surface area contributed by atoms with Crippen LogP contribution in [-0.4, -0.2) is 9.55 Å². The maximum absolute atomic E-state index is 14.0. The maximum atomic E-state index is 14.0. The molecule has 96 valence electrons. The predicted molar refractivity (Wildman–Crippen MR) is 81.1 cm³/mol. The van der Waals surface area contributed by atoms with Gasteiger partial charge in [-0.05, 0) is 42.5 Å². The second kappa shape index (κ2) is 4.74. The molecular weight excluding hydrogens is 351 g/mol. The first-order chi connectivity index (χ1) is 9.08. The summed E-state index contributed by atoms with van der Waals surface area (Å²) in [4.78, 5) is 3.00. The lowest BCUT2D eigenvalue weighted by Crippen LogP contribution is -1.97. The molecule has 0 fully saturated rings. The number of fused-ring (bicyclic) bond motifs is 1. The molecule has 0 saturated carbocycles. The minimum atomic E-state index is -0.347. The van der Waals surface area contributed by atoms with Crippen LogP contribution in [-0.2, 0) is 0 Å². The van der Waals surface area contributed by atoms with Crippen LogP contribution in [0.5, 0.6) is 0 Å². The Morgan fingerprint density at radius 3 is 2.84 bits per heavy atom. The molecule has 0 amide bonds. The highest BCUT2D eigenvalue weighted by Gasteiger charge is 2.12. The zero-order valence-electron chi connectivity index (χ0n) is 9.45. The van der Waals surface area contributed by atoms with Crippen LogP contribution in [0.3, 0.4) is 0 Å². The minimum Gasteiger partial charge on any atom is -0.329 e. The van der Waals surface area contributed by atoms with E-state index in [0.717, 1.165) is 9.99 Å². The topological polar surface area (TPSA) is 20.7 Å². The number of nitrogens with one attached hydrogen (secondary N) is 1. The number of aromatic nitrogens is 2. The average molecular weight is 358 g/mol. The Labute approximate surface area is 127 Å². The van der Waals surface area contributed by atoms with Crippen molar-refractivity contribution < 1.29 is 4.39 Å². The monoisotopic (exact) mass is 356 g/mol. The van der Waals surface area contributed by atoms with Crippen molar-refractivity contribution in [2.75, 3.05) is 0 Å². The summed E-state index contributed by atoms with van der Waals surface area (Å²) in [5, 5.41) is 0.553. The van der Waals surface area contributed by atoms with Crippen LogP contribution < -0.4 is 0 Å². The lowest BCUT2D eigenvalue weighted by molar-refractivity contribution is 0.618. The predicted octanol–water partition coefficient (Wildman–Crippen LogP) is 5.24. The third-order valence-electron chi connectivity index (χ3n) is 2.82. The number of rotatable bonds is 1. The molecule has 0 bridgehead atoms. The number of nitrogens with zero attached hydrogens (tertiary/aromatic N) is 1. The Morgan fingerprint density at radius 1 is 1.26 bits per heavy atom. The van der Waals surface area contributed by atoms with E-state index in [1.165, 1.54) is 6.07 Å². The molecule has 0 aliphatic carbocycles. The van der Waals surface area contributed by atoms with Gasteiger partial charge in [0.1, 0.15) is 5.82 Å². The number of aromatic amines is 1. The van der Waals surface area contributed by atoms with Crippen LogP contribution in [0.15, 0.2) is 40.9 Å². The van der Waals surface area contributed by atoms with Crippen molar-refractivity contribution in [3.05, 3.63) is 56.5 Å². The van der Waals surface area contributed by atoms with E-state index >= 15 is 0 Å². The molecular formula is C13H7BrClFN2S. The summed E-state index contributed by atoms with van der Waals surface area (Å²) in [7, 11) is 0. The first-order valence-corrected chi connectivity index (χ1v) is 7.00. The SMILES string of the molecule is Fc1ccc(Br)cc1-n1c(=S)[nH]c2c(Cl)cccc21. The van der Waals surface area contributed by atoms with Crippen molar-refractivity contribution in [3.63, 3.8) is 0 Å². The molecule has 1 heterocycles. The van der Waals surface area contributed by atoms with Gasteiger partial charge < -0.3 is 4.98 Å². The molecule has 0 spiro atoms. The van der Waals surface area contributed by atoms with Crippen molar-refractivity contribution in [1.82, 2.24) is 9.55 Å². The minimum absolute atomic E-state index is 0.347. The van der Waals surface area contributed by atoms with Gasteiger partial charge in [-0.3, -0.25) is 4.57 Å². The van der Waals surface area contributed by atoms with E-state index in [9.17, 15) is 4.39 Å². The summed E-state index contributed by atoms with van der Waals surface area (Å²) in [5.74, 6) is -0.347. The summed E-state index contributed by atoms with van der Waals surface area (Å²) in [6, 6.07) is 10.1. The van der Waals surface area contributed by atoms with E-state index in [4.69, 9.17) is 23.8 Å². The van der Waals surface area contributed by atoms with E-state index in [1.807, 2.05) is 6.07 Å². The number of H-pyrrole nitrogens is 1. The largest absolute Gasteiger partial charge is 0.329 e. The van der Waals surface area contributed by atoms with Gasteiger partial charge in [0.05, 0.1) is 21.7 Å². The smallest absolute Gasteiger partial charge is 0.182 e. The highest BCUT2D eigenvalue weighted by atomic mass is 79.9. The molecule has 1 N–H and O–H groups in total. The first kappa shape index (κ1) is 12.8. The molecule has 0 unspecified atom stereocenters. The van der Waals surface area contributed by atoms with Crippen LogP contribution in [0, 0.1) is 10.6 Å². The fourth-order valence-electron chi connectivity index (χ4n) is 1.99. The normalized spacial score (nSPS) is 11.1. The number of para-hydroxylation sites is 1. The van der Waals surface area contributed by atoms with Crippen LogP contribution in [0.2, 0.25) is 5.02 Å². The number of hydrogen-bond donors (Lipinski definition) is 1. The summed E-state index contributed by atoms with van der Waals surface area (Å²) in [6.45, 7) is 0. The van der Waals surface area contributed by atoms with Gasteiger partial charge in [-0.2, -0.15) is 0 Å². The van der Waals surface area contributed by atoms with E-state index in [0.29, 0.717) is 21.0 Å². The molecule has 6 heteroatoms. The van der Waals surface area contributed by atoms with Gasteiger partial charge in [-0.1, -0.05) is 33.6 Å². The third-order valence-corrected chi connectivity index (χ3v) is 3.91. The van der Waals surface area contributed by atoms with Gasteiger partial charge in [0, 0.05) is 4.47 Å². The molecule has 2 nitrogen and oxygen atoms in total. The number of imidazole rings is 1. The van der Waals surface area contributed by atoms with Crippen LogP contribution >= 0.6 is 39.7 Å². The Bertz CT molecular complexity index is 840. The maximum Gasteiger partial charge on any atom is 0.182 e. The molecule has 0 aliphatic heterocycles. The van der Waals surface area contributed by atoms with Crippen LogP contribution in [0.1, 0.15) is 0 Å². The van der Waals surface area contributed by atoms with Crippen molar-refractivity contribution in [2.45, 2.75) is 0 Å². The molecule has 0 aliphatic rings. The second-order valence-electron chi connectivity index (χ2n) is 4.00. The Kier molecular flexibility index (Phi) is 3.20. The first-order valence-electron chi connectivity index (χ1n) is 5.42. The summed E-state index contributed by atoms with van der Waals surface area (Å²) >= 11 is 14.7. The van der Waals surface area contributed by atoms with Crippen molar-refractivity contribution in [3.8, 4) is 5.69 Å². The van der Waals surface area contributed by atoms with Gasteiger partial charge in [-0.25, -0.2) is 4.39 Å². The molecule has 1 aromatic heterocycles.